The topological polar surface area (TPSA) is 29.9 Å². The van der Waals surface area contributed by atoms with Crippen LogP contribution in [0.5, 0.6) is 0 Å². The maximum atomic E-state index is 3.99. The van der Waals surface area contributed by atoms with Crippen molar-refractivity contribution in [3.8, 4) is 0 Å². The Bertz CT molecular complexity index is 188. The van der Waals surface area contributed by atoms with Gasteiger partial charge in [0, 0.05) is 19.5 Å². The van der Waals surface area contributed by atoms with Crippen molar-refractivity contribution in [2.45, 2.75) is 0 Å². The zero-order chi connectivity index (χ0) is 6.69. The van der Waals surface area contributed by atoms with Crippen molar-refractivity contribution < 1.29 is 0 Å². The first-order valence-corrected chi connectivity index (χ1v) is 6.55. The number of hydrogen-bond donors (Lipinski definition) is 1. The fourth-order valence-corrected chi connectivity index (χ4v) is 1.72. The summed E-state index contributed by atoms with van der Waals surface area (Å²) >= 11 is 2.28. The van der Waals surface area contributed by atoms with Gasteiger partial charge in [-0.05, 0) is 22.0 Å². The van der Waals surface area contributed by atoms with Crippen molar-refractivity contribution in [2.75, 3.05) is 5.09 Å². The van der Waals surface area contributed by atoms with E-state index in [1.165, 1.54) is 0 Å². The lowest BCUT2D eigenvalue weighted by Gasteiger charge is -1.99. The smallest absolute Gasteiger partial charge is 0.127 e. The van der Waals surface area contributed by atoms with Gasteiger partial charge in [0.15, 0.2) is 0 Å². The summed E-state index contributed by atoms with van der Waals surface area (Å²) in [6.07, 6.45) is 2.48. The fourth-order valence-electron chi connectivity index (χ4n) is 0.545. The molecule has 1 aromatic heterocycles. The molecule has 0 aliphatic heterocycles. The minimum Gasteiger partial charge on any atom is -0.343 e. The molecule has 0 bridgehead atoms. The normalized spacial score (nSPS) is 10.9. The fraction of sp³-hybridized carbons (Fsp3) is 0.250. The molecular formula is C4H7IN3P. The van der Waals surface area contributed by atoms with Gasteiger partial charge >= 0.3 is 0 Å². The molecule has 0 radical (unpaired) electrons. The Balaban J connectivity index is 2.69. The molecule has 1 unspecified atom stereocenters. The average Bonchev–Trinajstić information content (AvgIpc) is 2.18. The van der Waals surface area contributed by atoms with Gasteiger partial charge in [-0.15, -0.1) is 0 Å². The average molecular weight is 255 g/mol. The van der Waals surface area contributed by atoms with Crippen LogP contribution in [0.4, 0.5) is 5.82 Å². The molecule has 1 heterocycles. The molecule has 0 amide bonds. The predicted octanol–water partition coefficient (Wildman–Crippen LogP) is 1.78. The summed E-state index contributed by atoms with van der Waals surface area (Å²) < 4.78 is 1.81. The van der Waals surface area contributed by atoms with Crippen LogP contribution >= 0.6 is 28.4 Å². The third-order valence-corrected chi connectivity index (χ3v) is 2.16. The molecule has 0 aliphatic carbocycles. The van der Waals surface area contributed by atoms with Crippen LogP contribution in [0.3, 0.4) is 0 Å². The lowest BCUT2D eigenvalue weighted by molar-refractivity contribution is 0.779. The molecule has 0 spiro atoms. The quantitative estimate of drug-likeness (QED) is 0.644. The lowest BCUT2D eigenvalue weighted by atomic mass is 10.7. The zero-order valence-corrected chi connectivity index (χ0v) is 8.08. The van der Waals surface area contributed by atoms with Crippen LogP contribution in [0.2, 0.25) is 0 Å². The SMILES string of the molecule is Cn1nccc1NPI. The number of aromatic nitrogens is 2. The minimum atomic E-state index is 0.708. The zero-order valence-electron chi connectivity index (χ0n) is 4.93. The Morgan fingerprint density at radius 3 is 3.11 bits per heavy atom. The highest BCUT2D eigenvalue weighted by atomic mass is 127. The number of hydrogen-bond acceptors (Lipinski definition) is 2. The van der Waals surface area contributed by atoms with Crippen molar-refractivity contribution in [3.05, 3.63) is 12.3 Å². The van der Waals surface area contributed by atoms with Crippen LogP contribution in [-0.4, -0.2) is 9.78 Å². The van der Waals surface area contributed by atoms with E-state index >= 15 is 0 Å². The van der Waals surface area contributed by atoms with E-state index in [9.17, 15) is 0 Å². The molecule has 5 heteroatoms. The van der Waals surface area contributed by atoms with E-state index in [1.807, 2.05) is 17.8 Å². The highest BCUT2D eigenvalue weighted by Gasteiger charge is 1.92. The molecular weight excluding hydrogens is 248 g/mol. The first-order chi connectivity index (χ1) is 4.34. The van der Waals surface area contributed by atoms with Gasteiger partial charge in [0.05, 0.1) is 6.20 Å². The molecule has 50 valence electrons. The van der Waals surface area contributed by atoms with Crippen molar-refractivity contribution >= 4 is 34.2 Å². The third kappa shape index (κ3) is 1.79. The van der Waals surface area contributed by atoms with Gasteiger partial charge in [-0.2, -0.15) is 5.10 Å². The molecule has 0 aliphatic rings. The predicted molar refractivity (Wildman–Crippen MR) is 49.2 cm³/mol. The van der Waals surface area contributed by atoms with Crippen LogP contribution in [0.15, 0.2) is 12.3 Å². The Morgan fingerprint density at radius 2 is 2.67 bits per heavy atom. The van der Waals surface area contributed by atoms with Crippen LogP contribution < -0.4 is 5.09 Å². The molecule has 0 fully saturated rings. The Kier molecular flexibility index (Phi) is 2.72. The summed E-state index contributed by atoms with van der Waals surface area (Å²) in [5, 5.41) is 7.16. The van der Waals surface area contributed by atoms with E-state index in [0.717, 1.165) is 5.82 Å². The molecule has 1 atom stereocenters. The first kappa shape index (κ1) is 7.28. The molecule has 0 saturated heterocycles. The van der Waals surface area contributed by atoms with Gasteiger partial charge in [0.2, 0.25) is 0 Å². The largest absolute Gasteiger partial charge is 0.343 e. The molecule has 1 rings (SSSR count). The third-order valence-electron chi connectivity index (χ3n) is 0.996. The lowest BCUT2D eigenvalue weighted by Crippen LogP contribution is -1.93. The summed E-state index contributed by atoms with van der Waals surface area (Å²) in [7, 11) is 1.92. The van der Waals surface area contributed by atoms with E-state index in [1.54, 1.807) is 6.20 Å². The number of nitrogens with one attached hydrogen (secondary N) is 1. The second-order valence-corrected chi connectivity index (χ2v) is 3.62. The van der Waals surface area contributed by atoms with E-state index in [-0.39, 0.29) is 0 Å². The summed E-state index contributed by atoms with van der Waals surface area (Å²) in [6, 6.07) is 1.95. The van der Waals surface area contributed by atoms with Crippen LogP contribution in [-0.2, 0) is 7.05 Å². The number of anilines is 1. The van der Waals surface area contributed by atoms with Crippen LogP contribution in [0, 0.1) is 0 Å². The summed E-state index contributed by atoms with van der Waals surface area (Å²) in [5.41, 5.74) is 0. The Labute approximate surface area is 68.5 Å². The van der Waals surface area contributed by atoms with Gasteiger partial charge < -0.3 is 5.09 Å². The van der Waals surface area contributed by atoms with Crippen molar-refractivity contribution in [2.24, 2.45) is 7.05 Å². The highest BCUT2D eigenvalue weighted by Crippen LogP contribution is 2.22. The van der Waals surface area contributed by atoms with E-state index < -0.39 is 0 Å². The second-order valence-electron chi connectivity index (χ2n) is 1.56. The molecule has 0 saturated carbocycles. The second kappa shape index (κ2) is 3.37. The van der Waals surface area contributed by atoms with Gasteiger partial charge in [0.1, 0.15) is 5.82 Å². The Hall–Kier alpha value is 0.170. The molecule has 1 N–H and O–H groups in total. The molecule has 9 heavy (non-hydrogen) atoms. The molecule has 1 aromatic rings. The first-order valence-electron chi connectivity index (χ1n) is 2.44. The monoisotopic (exact) mass is 255 g/mol. The highest BCUT2D eigenvalue weighted by molar-refractivity contribution is 14.2. The van der Waals surface area contributed by atoms with E-state index in [0.29, 0.717) is 6.37 Å². The van der Waals surface area contributed by atoms with Gasteiger partial charge in [-0.25, -0.2) is 0 Å². The van der Waals surface area contributed by atoms with Gasteiger partial charge in [0.25, 0.3) is 0 Å². The number of rotatable bonds is 2. The van der Waals surface area contributed by atoms with Gasteiger partial charge in [-0.1, -0.05) is 0 Å². The number of nitrogens with zero attached hydrogens (tertiary/aromatic N) is 2. The van der Waals surface area contributed by atoms with Crippen molar-refractivity contribution in [1.29, 1.82) is 0 Å². The number of aryl methyl sites for hydroxylation is 1. The van der Waals surface area contributed by atoms with Gasteiger partial charge in [-0.3, -0.25) is 4.68 Å². The van der Waals surface area contributed by atoms with E-state index in [4.69, 9.17) is 0 Å². The number of halogens is 1. The summed E-state index contributed by atoms with van der Waals surface area (Å²) in [6.45, 7) is 0. The van der Waals surface area contributed by atoms with Crippen molar-refractivity contribution in [1.82, 2.24) is 9.78 Å². The Morgan fingerprint density at radius 1 is 1.89 bits per heavy atom. The van der Waals surface area contributed by atoms with Crippen LogP contribution in [0.25, 0.3) is 0 Å². The van der Waals surface area contributed by atoms with Crippen LogP contribution in [0.1, 0.15) is 0 Å². The summed E-state index contributed by atoms with van der Waals surface area (Å²) in [5.74, 6) is 1.07. The van der Waals surface area contributed by atoms with E-state index in [2.05, 4.69) is 32.2 Å². The summed E-state index contributed by atoms with van der Waals surface area (Å²) in [4.78, 5) is 0. The molecule has 0 aromatic carbocycles. The minimum absolute atomic E-state index is 0.708. The molecule has 3 nitrogen and oxygen atoms in total. The maximum Gasteiger partial charge on any atom is 0.127 e. The standard InChI is InChI=1S/C4H7IN3P/c1-8-4(7-9-5)2-3-6-8/h2-3,7,9H,1H3. The maximum absolute atomic E-state index is 3.99. The van der Waals surface area contributed by atoms with Crippen molar-refractivity contribution in [3.63, 3.8) is 0 Å².